The topological polar surface area (TPSA) is 44.5 Å². The minimum absolute atomic E-state index is 0.729. The molecule has 11 heavy (non-hydrogen) atoms. The smallest absolute Gasteiger partial charge is 0.0500 e. The fourth-order valence-electron chi connectivity index (χ4n) is 0.758. The van der Waals surface area contributed by atoms with E-state index in [1.54, 1.807) is 20.4 Å². The maximum atomic E-state index is 5.38. The summed E-state index contributed by atoms with van der Waals surface area (Å²) in [4.78, 5) is 0. The molecule has 0 aromatic heterocycles. The van der Waals surface area contributed by atoms with Gasteiger partial charge in [-0.2, -0.15) is 0 Å². The second kappa shape index (κ2) is 7.57. The molecule has 0 aromatic rings. The number of hydrogen-bond donors (Lipinski definition) is 1. The van der Waals surface area contributed by atoms with Crippen molar-refractivity contribution >= 4 is 0 Å². The van der Waals surface area contributed by atoms with Gasteiger partial charge in [-0.3, -0.25) is 0 Å². The molecule has 0 aliphatic heterocycles. The van der Waals surface area contributed by atoms with E-state index in [4.69, 9.17) is 15.2 Å². The molecule has 0 radical (unpaired) electrons. The Balaban J connectivity index is 3.43. The maximum absolute atomic E-state index is 5.38. The number of methoxy groups -OCH3 is 2. The van der Waals surface area contributed by atoms with Gasteiger partial charge in [0.2, 0.25) is 0 Å². The zero-order valence-corrected chi connectivity index (χ0v) is 7.30. The van der Waals surface area contributed by atoms with Crippen LogP contribution in [0.5, 0.6) is 0 Å². The lowest BCUT2D eigenvalue weighted by Gasteiger charge is -2.04. The van der Waals surface area contributed by atoms with E-state index in [9.17, 15) is 0 Å². The van der Waals surface area contributed by atoms with Crippen LogP contribution < -0.4 is 5.73 Å². The second-order valence-corrected chi connectivity index (χ2v) is 2.31. The van der Waals surface area contributed by atoms with Crippen LogP contribution in [0.1, 0.15) is 12.8 Å². The fraction of sp³-hybridized carbons (Fsp3) is 0.750. The first kappa shape index (κ1) is 10.5. The molecule has 0 saturated carbocycles. The summed E-state index contributed by atoms with van der Waals surface area (Å²) in [5.41, 5.74) is 6.57. The monoisotopic (exact) mass is 159 g/mol. The Morgan fingerprint density at radius 3 is 1.91 bits per heavy atom. The van der Waals surface area contributed by atoms with Gasteiger partial charge in [0.15, 0.2) is 0 Å². The minimum Gasteiger partial charge on any atom is -0.405 e. The summed E-state index contributed by atoms with van der Waals surface area (Å²) in [5.74, 6) is 0. The van der Waals surface area contributed by atoms with E-state index in [0.717, 1.165) is 26.1 Å². The molecule has 0 amide bonds. The van der Waals surface area contributed by atoms with Crippen LogP contribution in [-0.4, -0.2) is 27.4 Å². The number of hydrogen-bond acceptors (Lipinski definition) is 3. The summed E-state index contributed by atoms with van der Waals surface area (Å²) >= 11 is 0. The van der Waals surface area contributed by atoms with Crippen molar-refractivity contribution in [3.63, 3.8) is 0 Å². The third-order valence-corrected chi connectivity index (χ3v) is 1.49. The molecule has 0 bridgehead atoms. The summed E-state index contributed by atoms with van der Waals surface area (Å²) in [6, 6.07) is 0. The first-order chi connectivity index (χ1) is 5.35. The van der Waals surface area contributed by atoms with Gasteiger partial charge in [-0.05, 0) is 19.0 Å². The fourth-order valence-corrected chi connectivity index (χ4v) is 0.758. The van der Waals surface area contributed by atoms with Crippen LogP contribution in [0.15, 0.2) is 11.8 Å². The standard InChI is InChI=1S/C8H17NO2/c1-10-5-3-8(7-9)4-6-11-2/h7H,3-6,9H2,1-2H3. The second-order valence-electron chi connectivity index (χ2n) is 2.31. The van der Waals surface area contributed by atoms with Crippen LogP contribution in [0.25, 0.3) is 0 Å². The van der Waals surface area contributed by atoms with Crippen molar-refractivity contribution in [2.24, 2.45) is 5.73 Å². The van der Waals surface area contributed by atoms with E-state index in [-0.39, 0.29) is 0 Å². The molecule has 0 aromatic carbocycles. The molecule has 0 unspecified atom stereocenters. The number of rotatable bonds is 6. The lowest BCUT2D eigenvalue weighted by Crippen LogP contribution is -1.99. The van der Waals surface area contributed by atoms with E-state index in [0.29, 0.717) is 0 Å². The molecule has 66 valence electrons. The molecule has 0 heterocycles. The molecule has 0 rings (SSSR count). The van der Waals surface area contributed by atoms with Gasteiger partial charge < -0.3 is 15.2 Å². The van der Waals surface area contributed by atoms with E-state index in [2.05, 4.69) is 0 Å². The zero-order valence-electron chi connectivity index (χ0n) is 7.30. The van der Waals surface area contributed by atoms with Crippen LogP contribution in [0.3, 0.4) is 0 Å². The molecule has 0 atom stereocenters. The quantitative estimate of drug-likeness (QED) is 0.626. The lowest BCUT2D eigenvalue weighted by molar-refractivity contribution is 0.188. The number of nitrogens with two attached hydrogens (primary N) is 1. The third kappa shape index (κ3) is 5.88. The Morgan fingerprint density at radius 1 is 1.18 bits per heavy atom. The van der Waals surface area contributed by atoms with Crippen molar-refractivity contribution in [2.45, 2.75) is 12.8 Å². The van der Waals surface area contributed by atoms with Gasteiger partial charge in [0.1, 0.15) is 0 Å². The lowest BCUT2D eigenvalue weighted by atomic mass is 10.1. The Kier molecular flexibility index (Phi) is 7.19. The maximum Gasteiger partial charge on any atom is 0.0500 e. The molecule has 3 heteroatoms. The van der Waals surface area contributed by atoms with E-state index >= 15 is 0 Å². The molecule has 2 N–H and O–H groups in total. The van der Waals surface area contributed by atoms with E-state index < -0.39 is 0 Å². The molecule has 0 spiro atoms. The SMILES string of the molecule is COCCC(=CN)CCOC. The number of ether oxygens (including phenoxy) is 2. The minimum atomic E-state index is 0.729. The summed E-state index contributed by atoms with van der Waals surface area (Å²) in [6.45, 7) is 1.46. The van der Waals surface area contributed by atoms with Crippen LogP contribution in [0, 0.1) is 0 Å². The van der Waals surface area contributed by atoms with Crippen LogP contribution in [-0.2, 0) is 9.47 Å². The zero-order chi connectivity index (χ0) is 8.53. The van der Waals surface area contributed by atoms with E-state index in [1.165, 1.54) is 5.57 Å². The van der Waals surface area contributed by atoms with Gasteiger partial charge in [0, 0.05) is 27.4 Å². The van der Waals surface area contributed by atoms with Gasteiger partial charge in [0.25, 0.3) is 0 Å². The molecular formula is C8H17NO2. The van der Waals surface area contributed by atoms with Crippen molar-refractivity contribution in [1.82, 2.24) is 0 Å². The average molecular weight is 159 g/mol. The Morgan fingerprint density at radius 2 is 1.64 bits per heavy atom. The highest BCUT2D eigenvalue weighted by Crippen LogP contribution is 2.04. The van der Waals surface area contributed by atoms with E-state index in [1.807, 2.05) is 0 Å². The summed E-state index contributed by atoms with van der Waals surface area (Å²) < 4.78 is 9.83. The first-order valence-corrected chi connectivity index (χ1v) is 3.72. The highest BCUT2D eigenvalue weighted by atomic mass is 16.5. The molecule has 0 saturated heterocycles. The van der Waals surface area contributed by atoms with Crippen molar-refractivity contribution in [3.8, 4) is 0 Å². The van der Waals surface area contributed by atoms with Crippen molar-refractivity contribution in [3.05, 3.63) is 11.8 Å². The van der Waals surface area contributed by atoms with Crippen LogP contribution in [0.2, 0.25) is 0 Å². The third-order valence-electron chi connectivity index (χ3n) is 1.49. The average Bonchev–Trinajstić information content (AvgIpc) is 2.05. The predicted molar refractivity (Wildman–Crippen MR) is 45.3 cm³/mol. The normalized spacial score (nSPS) is 9.64. The molecule has 0 fully saturated rings. The van der Waals surface area contributed by atoms with Crippen LogP contribution >= 0.6 is 0 Å². The van der Waals surface area contributed by atoms with Crippen molar-refractivity contribution in [2.75, 3.05) is 27.4 Å². The van der Waals surface area contributed by atoms with Gasteiger partial charge in [-0.1, -0.05) is 5.57 Å². The molecule has 0 aliphatic carbocycles. The molecular weight excluding hydrogens is 142 g/mol. The Hall–Kier alpha value is -0.540. The van der Waals surface area contributed by atoms with Crippen molar-refractivity contribution in [1.29, 1.82) is 0 Å². The highest BCUT2D eigenvalue weighted by molar-refractivity contribution is 4.99. The van der Waals surface area contributed by atoms with Crippen LogP contribution in [0.4, 0.5) is 0 Å². The predicted octanol–water partition coefficient (Wildman–Crippen LogP) is 0.902. The van der Waals surface area contributed by atoms with Gasteiger partial charge in [-0.15, -0.1) is 0 Å². The molecule has 3 nitrogen and oxygen atoms in total. The Labute approximate surface area is 68.2 Å². The van der Waals surface area contributed by atoms with Gasteiger partial charge in [-0.25, -0.2) is 0 Å². The molecule has 0 aliphatic rings. The summed E-state index contributed by atoms with van der Waals surface area (Å²) in [6.07, 6.45) is 3.44. The largest absolute Gasteiger partial charge is 0.405 e. The van der Waals surface area contributed by atoms with Crippen molar-refractivity contribution < 1.29 is 9.47 Å². The first-order valence-electron chi connectivity index (χ1n) is 3.72. The Bertz CT molecular complexity index is 103. The summed E-state index contributed by atoms with van der Waals surface area (Å²) in [5, 5.41) is 0. The van der Waals surface area contributed by atoms with Gasteiger partial charge in [0.05, 0.1) is 0 Å². The highest BCUT2D eigenvalue weighted by Gasteiger charge is 1.95. The summed E-state index contributed by atoms with van der Waals surface area (Å²) in [7, 11) is 3.37. The van der Waals surface area contributed by atoms with Gasteiger partial charge >= 0.3 is 0 Å².